The molecule has 166 valence electrons. The van der Waals surface area contributed by atoms with Crippen molar-refractivity contribution in [3.63, 3.8) is 0 Å². The molecule has 1 aliphatic carbocycles. The fourth-order valence-electron chi connectivity index (χ4n) is 4.42. The second-order valence-electron chi connectivity index (χ2n) is 8.55. The van der Waals surface area contributed by atoms with Crippen molar-refractivity contribution in [3.05, 3.63) is 48.3 Å². The fraction of sp³-hybridized carbons (Fsp3) is 0.522. The Kier molecular flexibility index (Phi) is 7.07. The van der Waals surface area contributed by atoms with E-state index in [1.165, 1.54) is 19.3 Å². The van der Waals surface area contributed by atoms with E-state index in [0.717, 1.165) is 36.9 Å². The first-order valence-electron chi connectivity index (χ1n) is 11.3. The van der Waals surface area contributed by atoms with Gasteiger partial charge in [-0.3, -0.25) is 4.68 Å². The summed E-state index contributed by atoms with van der Waals surface area (Å²) in [6.45, 7) is 1.93. The Balaban J connectivity index is 1.21. The van der Waals surface area contributed by atoms with Crippen molar-refractivity contribution >= 4 is 17.7 Å². The summed E-state index contributed by atoms with van der Waals surface area (Å²) in [5.41, 5.74) is 1.86. The van der Waals surface area contributed by atoms with Crippen molar-refractivity contribution in [1.82, 2.24) is 25.3 Å². The van der Waals surface area contributed by atoms with Crippen LogP contribution in [-0.2, 0) is 6.54 Å². The molecule has 8 nitrogen and oxygen atoms in total. The third kappa shape index (κ3) is 6.23. The highest BCUT2D eigenvalue weighted by atomic mass is 16.2. The van der Waals surface area contributed by atoms with E-state index in [1.54, 1.807) is 6.20 Å². The van der Waals surface area contributed by atoms with Crippen LogP contribution in [0.4, 0.5) is 15.3 Å². The van der Waals surface area contributed by atoms with E-state index < -0.39 is 0 Å². The van der Waals surface area contributed by atoms with E-state index in [4.69, 9.17) is 0 Å². The molecular weight excluding hydrogens is 392 g/mol. The normalized spacial score (nSPS) is 17.9. The molecule has 0 bridgehead atoms. The van der Waals surface area contributed by atoms with Gasteiger partial charge in [-0.2, -0.15) is 5.10 Å². The first-order valence-corrected chi connectivity index (χ1v) is 11.3. The van der Waals surface area contributed by atoms with Crippen molar-refractivity contribution in [2.45, 2.75) is 63.6 Å². The number of hydrogen-bond donors (Lipinski definition) is 3. The molecule has 3 N–H and O–H groups in total. The molecule has 2 aromatic rings. The van der Waals surface area contributed by atoms with Crippen molar-refractivity contribution < 1.29 is 9.59 Å². The molecule has 2 heterocycles. The van der Waals surface area contributed by atoms with Gasteiger partial charge >= 0.3 is 12.1 Å². The molecule has 0 atom stereocenters. The van der Waals surface area contributed by atoms with Crippen LogP contribution in [0.25, 0.3) is 0 Å². The number of urea groups is 2. The Bertz CT molecular complexity index is 855. The summed E-state index contributed by atoms with van der Waals surface area (Å²) < 4.78 is 1.85. The molecule has 4 amide bonds. The molecule has 1 aromatic heterocycles. The van der Waals surface area contributed by atoms with E-state index in [2.05, 4.69) is 21.0 Å². The number of piperidine rings is 1. The maximum atomic E-state index is 12.7. The molecule has 1 saturated heterocycles. The Labute approximate surface area is 183 Å². The number of nitrogens with zero attached hydrogens (tertiary/aromatic N) is 3. The van der Waals surface area contributed by atoms with Crippen molar-refractivity contribution in [2.24, 2.45) is 0 Å². The van der Waals surface area contributed by atoms with Crippen LogP contribution >= 0.6 is 0 Å². The minimum atomic E-state index is -0.0960. The van der Waals surface area contributed by atoms with Crippen molar-refractivity contribution in [2.75, 3.05) is 18.4 Å². The van der Waals surface area contributed by atoms with Crippen molar-refractivity contribution in [1.29, 1.82) is 0 Å². The van der Waals surface area contributed by atoms with Crippen LogP contribution in [0.2, 0.25) is 0 Å². The van der Waals surface area contributed by atoms with Gasteiger partial charge in [0.1, 0.15) is 0 Å². The molecule has 1 aliphatic heterocycles. The first-order chi connectivity index (χ1) is 15.2. The lowest BCUT2D eigenvalue weighted by atomic mass is 9.96. The van der Waals surface area contributed by atoms with Gasteiger partial charge in [0, 0.05) is 43.3 Å². The third-order valence-electron chi connectivity index (χ3n) is 6.14. The molecule has 4 rings (SSSR count). The van der Waals surface area contributed by atoms with Gasteiger partial charge in [0.2, 0.25) is 0 Å². The zero-order valence-electron chi connectivity index (χ0n) is 17.9. The van der Waals surface area contributed by atoms with Gasteiger partial charge in [0.25, 0.3) is 0 Å². The molecule has 1 aromatic carbocycles. The SMILES string of the molecule is O=C(NC1CCCCC1)NC1CCN(C(=O)Nc2cccc(Cn3cccn3)c2)CC1. The van der Waals surface area contributed by atoms with Crippen LogP contribution in [0, 0.1) is 0 Å². The molecule has 0 spiro atoms. The molecule has 0 unspecified atom stereocenters. The Morgan fingerprint density at radius 3 is 2.42 bits per heavy atom. The molecule has 8 heteroatoms. The largest absolute Gasteiger partial charge is 0.335 e. The molecule has 2 fully saturated rings. The van der Waals surface area contributed by atoms with E-state index in [1.807, 2.05) is 46.1 Å². The number of benzene rings is 1. The number of likely N-dealkylation sites (tertiary alicyclic amines) is 1. The van der Waals surface area contributed by atoms with Crippen LogP contribution in [0.3, 0.4) is 0 Å². The number of nitrogens with one attached hydrogen (secondary N) is 3. The van der Waals surface area contributed by atoms with Crippen LogP contribution < -0.4 is 16.0 Å². The average Bonchev–Trinajstić information content (AvgIpc) is 3.28. The fourth-order valence-corrected chi connectivity index (χ4v) is 4.42. The number of carbonyl (C=O) groups excluding carboxylic acids is 2. The zero-order chi connectivity index (χ0) is 21.5. The summed E-state index contributed by atoms with van der Waals surface area (Å²) >= 11 is 0. The van der Waals surface area contributed by atoms with Crippen molar-refractivity contribution in [3.8, 4) is 0 Å². The minimum Gasteiger partial charge on any atom is -0.335 e. The Hall–Kier alpha value is -3.03. The van der Waals surface area contributed by atoms with Gasteiger partial charge in [-0.05, 0) is 49.4 Å². The summed E-state index contributed by atoms with van der Waals surface area (Å²) in [5.74, 6) is 0. The minimum absolute atomic E-state index is 0.0659. The standard InChI is InChI=1S/C23H32N6O2/c30-22(25-19-7-2-1-3-8-19)26-20-10-14-28(15-11-20)23(31)27-21-9-4-6-18(16-21)17-29-13-5-12-24-29/h4-6,9,12-13,16,19-20H,1-3,7-8,10-11,14-15,17H2,(H,27,31)(H2,25,26,30). The topological polar surface area (TPSA) is 91.3 Å². The van der Waals surface area contributed by atoms with E-state index in [0.29, 0.717) is 25.7 Å². The van der Waals surface area contributed by atoms with E-state index >= 15 is 0 Å². The predicted octanol–water partition coefficient (Wildman–Crippen LogP) is 3.56. The number of carbonyl (C=O) groups is 2. The maximum absolute atomic E-state index is 12.7. The summed E-state index contributed by atoms with van der Waals surface area (Å²) in [5, 5.41) is 13.4. The molecule has 1 saturated carbocycles. The lowest BCUT2D eigenvalue weighted by molar-refractivity contribution is 0.186. The molecular formula is C23H32N6O2. The van der Waals surface area contributed by atoms with Crippen LogP contribution in [0.1, 0.15) is 50.5 Å². The van der Waals surface area contributed by atoms with Gasteiger partial charge in [0.05, 0.1) is 6.54 Å². The molecule has 0 radical (unpaired) electrons. The van der Waals surface area contributed by atoms with Gasteiger partial charge in [-0.1, -0.05) is 31.4 Å². The number of anilines is 1. The van der Waals surface area contributed by atoms with E-state index in [-0.39, 0.29) is 18.1 Å². The number of amides is 4. The Morgan fingerprint density at radius 1 is 0.968 bits per heavy atom. The zero-order valence-corrected chi connectivity index (χ0v) is 17.9. The van der Waals surface area contributed by atoms with E-state index in [9.17, 15) is 9.59 Å². The Morgan fingerprint density at radius 2 is 1.71 bits per heavy atom. The average molecular weight is 425 g/mol. The predicted molar refractivity (Wildman–Crippen MR) is 120 cm³/mol. The quantitative estimate of drug-likeness (QED) is 0.685. The summed E-state index contributed by atoms with van der Waals surface area (Å²) in [4.78, 5) is 26.8. The lowest BCUT2D eigenvalue weighted by Gasteiger charge is -2.33. The highest BCUT2D eigenvalue weighted by molar-refractivity contribution is 5.89. The summed E-state index contributed by atoms with van der Waals surface area (Å²) in [6, 6.07) is 9.99. The highest BCUT2D eigenvalue weighted by Gasteiger charge is 2.25. The molecule has 2 aliphatic rings. The smallest absolute Gasteiger partial charge is 0.321 e. The van der Waals surface area contributed by atoms with Crippen LogP contribution in [-0.4, -0.2) is 51.9 Å². The maximum Gasteiger partial charge on any atom is 0.321 e. The van der Waals surface area contributed by atoms with Crippen LogP contribution in [0.5, 0.6) is 0 Å². The van der Waals surface area contributed by atoms with Gasteiger partial charge in [0.15, 0.2) is 0 Å². The second kappa shape index (κ2) is 10.3. The number of rotatable bonds is 5. The monoisotopic (exact) mass is 424 g/mol. The third-order valence-corrected chi connectivity index (χ3v) is 6.14. The highest BCUT2D eigenvalue weighted by Crippen LogP contribution is 2.18. The van der Waals surface area contributed by atoms with Crippen LogP contribution in [0.15, 0.2) is 42.7 Å². The number of hydrogen-bond acceptors (Lipinski definition) is 3. The lowest BCUT2D eigenvalue weighted by Crippen LogP contribution is -2.51. The summed E-state index contributed by atoms with van der Waals surface area (Å²) in [6.07, 6.45) is 11.0. The second-order valence-corrected chi connectivity index (χ2v) is 8.55. The first kappa shape index (κ1) is 21.2. The summed E-state index contributed by atoms with van der Waals surface area (Å²) in [7, 11) is 0. The van der Waals surface area contributed by atoms with Gasteiger partial charge in [-0.25, -0.2) is 9.59 Å². The van der Waals surface area contributed by atoms with Gasteiger partial charge < -0.3 is 20.9 Å². The number of aromatic nitrogens is 2. The molecule has 31 heavy (non-hydrogen) atoms. The van der Waals surface area contributed by atoms with Gasteiger partial charge in [-0.15, -0.1) is 0 Å².